The van der Waals surface area contributed by atoms with Crippen molar-refractivity contribution in [2.75, 3.05) is 0 Å². The Morgan fingerprint density at radius 2 is 2.06 bits per heavy atom. The van der Waals surface area contributed by atoms with Crippen molar-refractivity contribution in [3.8, 4) is 0 Å². The molecule has 1 aromatic heterocycles. The maximum Gasteiger partial charge on any atom is 0.303 e. The first-order valence-electron chi connectivity index (χ1n) is 5.86. The topological polar surface area (TPSA) is 42.2 Å². The van der Waals surface area contributed by atoms with E-state index in [0.29, 0.717) is 6.42 Å². The molecule has 0 saturated carbocycles. The molecular formula is C14H17NO2. The van der Waals surface area contributed by atoms with Crippen LogP contribution in [0.1, 0.15) is 24.1 Å². The Morgan fingerprint density at radius 1 is 1.35 bits per heavy atom. The summed E-state index contributed by atoms with van der Waals surface area (Å²) in [5, 5.41) is 9.92. The summed E-state index contributed by atoms with van der Waals surface area (Å²) in [5.74, 6) is -0.720. The zero-order valence-corrected chi connectivity index (χ0v) is 10.2. The fraction of sp³-hybridized carbons (Fsp3) is 0.357. The molecule has 2 aromatic rings. The van der Waals surface area contributed by atoms with Crippen molar-refractivity contribution in [2.45, 2.75) is 26.2 Å². The van der Waals surface area contributed by atoms with E-state index in [4.69, 9.17) is 5.11 Å². The SMILES string of the molecule is Cc1c(CCCC(=O)O)c2ccccc2n1C. The van der Waals surface area contributed by atoms with Crippen LogP contribution in [0, 0.1) is 6.92 Å². The standard InChI is InChI=1S/C14H17NO2/c1-10-11(7-5-9-14(16)17)12-6-3-4-8-13(12)15(10)2/h3-4,6,8H,5,7,9H2,1-2H3,(H,16,17). The monoisotopic (exact) mass is 231 g/mol. The van der Waals surface area contributed by atoms with Crippen molar-refractivity contribution >= 4 is 16.9 Å². The van der Waals surface area contributed by atoms with Gasteiger partial charge in [0.25, 0.3) is 0 Å². The number of carbonyl (C=O) groups is 1. The van der Waals surface area contributed by atoms with Gasteiger partial charge in [0.05, 0.1) is 0 Å². The van der Waals surface area contributed by atoms with Gasteiger partial charge in [-0.2, -0.15) is 0 Å². The first kappa shape index (κ1) is 11.7. The molecule has 90 valence electrons. The van der Waals surface area contributed by atoms with Gasteiger partial charge in [0.1, 0.15) is 0 Å². The summed E-state index contributed by atoms with van der Waals surface area (Å²) in [4.78, 5) is 10.5. The summed E-state index contributed by atoms with van der Waals surface area (Å²) in [6.07, 6.45) is 1.77. The van der Waals surface area contributed by atoms with Crippen molar-refractivity contribution in [3.05, 3.63) is 35.5 Å². The van der Waals surface area contributed by atoms with Crippen LogP contribution in [0.25, 0.3) is 10.9 Å². The molecule has 0 aliphatic rings. The van der Waals surface area contributed by atoms with Gasteiger partial charge in [0.15, 0.2) is 0 Å². The van der Waals surface area contributed by atoms with Gasteiger partial charge in [0.2, 0.25) is 0 Å². The second kappa shape index (κ2) is 4.62. The minimum absolute atomic E-state index is 0.239. The number of hydrogen-bond donors (Lipinski definition) is 1. The summed E-state index contributed by atoms with van der Waals surface area (Å²) < 4.78 is 2.17. The smallest absolute Gasteiger partial charge is 0.303 e. The number of aromatic nitrogens is 1. The predicted octanol–water partition coefficient (Wildman–Crippen LogP) is 2.89. The number of rotatable bonds is 4. The van der Waals surface area contributed by atoms with Gasteiger partial charge in [-0.1, -0.05) is 18.2 Å². The second-order valence-electron chi connectivity index (χ2n) is 4.39. The highest BCUT2D eigenvalue weighted by Gasteiger charge is 2.11. The molecule has 2 rings (SSSR count). The van der Waals surface area contributed by atoms with Crippen LogP contribution in [0.15, 0.2) is 24.3 Å². The summed E-state index contributed by atoms with van der Waals surface area (Å²) in [6.45, 7) is 2.09. The molecule has 0 aliphatic carbocycles. The molecule has 0 fully saturated rings. The van der Waals surface area contributed by atoms with Crippen molar-refractivity contribution in [2.24, 2.45) is 7.05 Å². The number of fused-ring (bicyclic) bond motifs is 1. The third-order valence-corrected chi connectivity index (χ3v) is 3.35. The van der Waals surface area contributed by atoms with E-state index in [1.54, 1.807) is 0 Å². The number of carboxylic acids is 1. The summed E-state index contributed by atoms with van der Waals surface area (Å²) in [5.41, 5.74) is 3.73. The minimum Gasteiger partial charge on any atom is -0.481 e. The zero-order chi connectivity index (χ0) is 12.4. The maximum atomic E-state index is 10.5. The lowest BCUT2D eigenvalue weighted by molar-refractivity contribution is -0.137. The van der Waals surface area contributed by atoms with Crippen LogP contribution in [0.3, 0.4) is 0 Å². The largest absolute Gasteiger partial charge is 0.481 e. The number of para-hydroxylation sites is 1. The molecule has 0 aliphatic heterocycles. The highest BCUT2D eigenvalue weighted by molar-refractivity contribution is 5.85. The number of carboxylic acid groups (broad SMARTS) is 1. The van der Waals surface area contributed by atoms with Crippen LogP contribution in [-0.2, 0) is 18.3 Å². The van der Waals surface area contributed by atoms with Crippen molar-refractivity contribution < 1.29 is 9.90 Å². The number of aryl methyl sites for hydroxylation is 2. The Morgan fingerprint density at radius 3 is 2.76 bits per heavy atom. The molecule has 0 radical (unpaired) electrons. The normalized spacial score (nSPS) is 10.9. The molecule has 1 heterocycles. The molecule has 1 N–H and O–H groups in total. The van der Waals surface area contributed by atoms with E-state index in [0.717, 1.165) is 6.42 Å². The first-order chi connectivity index (χ1) is 8.11. The predicted molar refractivity (Wildman–Crippen MR) is 68.2 cm³/mol. The van der Waals surface area contributed by atoms with Gasteiger partial charge in [0, 0.05) is 30.1 Å². The van der Waals surface area contributed by atoms with E-state index in [-0.39, 0.29) is 6.42 Å². The van der Waals surface area contributed by atoms with Gasteiger partial charge in [-0.15, -0.1) is 0 Å². The van der Waals surface area contributed by atoms with Crippen LogP contribution in [0.5, 0.6) is 0 Å². The zero-order valence-electron chi connectivity index (χ0n) is 10.2. The van der Waals surface area contributed by atoms with Crippen LogP contribution in [0.4, 0.5) is 0 Å². The van der Waals surface area contributed by atoms with E-state index < -0.39 is 5.97 Å². The molecule has 1 aromatic carbocycles. The fourth-order valence-electron chi connectivity index (χ4n) is 2.33. The lowest BCUT2D eigenvalue weighted by Gasteiger charge is -2.01. The van der Waals surface area contributed by atoms with Crippen LogP contribution >= 0.6 is 0 Å². The average molecular weight is 231 g/mol. The molecular weight excluding hydrogens is 214 g/mol. The molecule has 17 heavy (non-hydrogen) atoms. The molecule has 0 saturated heterocycles. The van der Waals surface area contributed by atoms with Crippen LogP contribution in [0.2, 0.25) is 0 Å². The maximum absolute atomic E-state index is 10.5. The van der Waals surface area contributed by atoms with E-state index in [1.165, 1.54) is 22.2 Å². The Balaban J connectivity index is 2.33. The van der Waals surface area contributed by atoms with E-state index in [2.05, 4.69) is 30.7 Å². The lowest BCUT2D eigenvalue weighted by atomic mass is 10.0. The van der Waals surface area contributed by atoms with Gasteiger partial charge >= 0.3 is 5.97 Å². The molecule has 0 bridgehead atoms. The minimum atomic E-state index is -0.720. The molecule has 0 amide bonds. The summed E-state index contributed by atoms with van der Waals surface area (Å²) in [6, 6.07) is 8.27. The molecule has 0 atom stereocenters. The lowest BCUT2D eigenvalue weighted by Crippen LogP contribution is -1.97. The second-order valence-corrected chi connectivity index (χ2v) is 4.39. The van der Waals surface area contributed by atoms with Crippen LogP contribution < -0.4 is 0 Å². The molecule has 3 nitrogen and oxygen atoms in total. The summed E-state index contributed by atoms with van der Waals surface area (Å²) >= 11 is 0. The fourth-order valence-corrected chi connectivity index (χ4v) is 2.33. The molecule has 3 heteroatoms. The Labute approximate surface area is 101 Å². The highest BCUT2D eigenvalue weighted by Crippen LogP contribution is 2.25. The number of aliphatic carboxylic acids is 1. The highest BCUT2D eigenvalue weighted by atomic mass is 16.4. The third kappa shape index (κ3) is 2.18. The third-order valence-electron chi connectivity index (χ3n) is 3.35. The first-order valence-corrected chi connectivity index (χ1v) is 5.86. The van der Waals surface area contributed by atoms with Gasteiger partial charge in [-0.3, -0.25) is 4.79 Å². The number of hydrogen-bond acceptors (Lipinski definition) is 1. The average Bonchev–Trinajstić information content (AvgIpc) is 2.54. The van der Waals surface area contributed by atoms with Crippen molar-refractivity contribution in [1.82, 2.24) is 4.57 Å². The molecule has 0 unspecified atom stereocenters. The Bertz CT molecular complexity index is 555. The van der Waals surface area contributed by atoms with Crippen molar-refractivity contribution in [1.29, 1.82) is 0 Å². The van der Waals surface area contributed by atoms with Gasteiger partial charge in [-0.05, 0) is 31.4 Å². The van der Waals surface area contributed by atoms with Crippen LogP contribution in [-0.4, -0.2) is 15.6 Å². The van der Waals surface area contributed by atoms with Crippen molar-refractivity contribution in [3.63, 3.8) is 0 Å². The van der Waals surface area contributed by atoms with E-state index in [9.17, 15) is 4.79 Å². The quantitative estimate of drug-likeness (QED) is 0.879. The number of nitrogens with zero attached hydrogens (tertiary/aromatic N) is 1. The number of benzene rings is 1. The Hall–Kier alpha value is -1.77. The van der Waals surface area contributed by atoms with Gasteiger partial charge < -0.3 is 9.67 Å². The summed E-state index contributed by atoms with van der Waals surface area (Å²) in [7, 11) is 2.05. The Kier molecular flexibility index (Phi) is 3.18. The van der Waals surface area contributed by atoms with E-state index in [1.807, 2.05) is 12.1 Å². The van der Waals surface area contributed by atoms with Gasteiger partial charge in [-0.25, -0.2) is 0 Å². The van der Waals surface area contributed by atoms with E-state index >= 15 is 0 Å². The molecule has 0 spiro atoms.